The number of rotatable bonds is 3. The number of anilines is 1. The Morgan fingerprint density at radius 1 is 1.33 bits per heavy atom. The molecule has 3 saturated heterocycles. The lowest BCUT2D eigenvalue weighted by atomic mass is 9.85. The van der Waals surface area contributed by atoms with Crippen LogP contribution < -0.4 is 9.64 Å². The predicted octanol–water partition coefficient (Wildman–Crippen LogP) is 2.68. The van der Waals surface area contributed by atoms with Gasteiger partial charge in [-0.1, -0.05) is 6.07 Å². The largest absolute Gasteiger partial charge is 0.497 e. The molecule has 0 radical (unpaired) electrons. The minimum atomic E-state index is -0.337. The number of hydrogen-bond donors (Lipinski definition) is 0. The maximum Gasteiger partial charge on any atom is 0.247 e. The Bertz CT molecular complexity index is 907. The summed E-state index contributed by atoms with van der Waals surface area (Å²) in [5.41, 5.74) is 3.10. The zero-order valence-electron chi connectivity index (χ0n) is 16.2. The molecule has 0 aliphatic carbocycles. The lowest BCUT2D eigenvalue weighted by Gasteiger charge is -2.33. The topological polar surface area (TPSA) is 50.6 Å². The van der Waals surface area contributed by atoms with E-state index in [2.05, 4.69) is 16.9 Å². The van der Waals surface area contributed by atoms with E-state index >= 15 is 0 Å². The number of amides is 1. The number of aryl methyl sites for hydroxylation is 1. The van der Waals surface area contributed by atoms with Crippen molar-refractivity contribution in [2.45, 2.75) is 37.8 Å². The van der Waals surface area contributed by atoms with Crippen molar-refractivity contribution in [3.63, 3.8) is 0 Å². The van der Waals surface area contributed by atoms with E-state index in [0.29, 0.717) is 12.0 Å². The standard InChI is InChI=1S/C21H26N4O2/c1-14-18(12-22-23(14)2)19-10-15-13-24(16-6-4-7-17(11-16)27-3)20(26)21(15)8-5-9-25(19)21/h4,6-7,11-12,15,19H,5,8-10,13H2,1-3H3/t15-,19-,21-/m0/s1. The van der Waals surface area contributed by atoms with E-state index in [-0.39, 0.29) is 11.4 Å². The predicted molar refractivity (Wildman–Crippen MR) is 103 cm³/mol. The monoisotopic (exact) mass is 366 g/mol. The molecular formula is C21H26N4O2. The van der Waals surface area contributed by atoms with Crippen LogP contribution in [0.25, 0.3) is 0 Å². The SMILES string of the molecule is COc1cccc(N2C[C@@H]3C[C@@H](c4cnn(C)c4C)N4CCC[C@@]34C2=O)c1. The highest BCUT2D eigenvalue weighted by Gasteiger charge is 2.65. The van der Waals surface area contributed by atoms with Crippen molar-refractivity contribution in [2.75, 3.05) is 25.1 Å². The molecule has 4 heterocycles. The van der Waals surface area contributed by atoms with Crippen molar-refractivity contribution in [1.82, 2.24) is 14.7 Å². The third kappa shape index (κ3) is 2.16. The molecule has 2 aromatic rings. The highest BCUT2D eigenvalue weighted by molar-refractivity contribution is 6.04. The number of aromatic nitrogens is 2. The highest BCUT2D eigenvalue weighted by atomic mass is 16.5. The minimum Gasteiger partial charge on any atom is -0.497 e. The lowest BCUT2D eigenvalue weighted by Crippen LogP contribution is -2.49. The molecule has 0 N–H and O–H groups in total. The molecule has 1 aromatic heterocycles. The maximum atomic E-state index is 13.7. The van der Waals surface area contributed by atoms with E-state index in [1.807, 2.05) is 47.1 Å². The quantitative estimate of drug-likeness (QED) is 0.838. The summed E-state index contributed by atoms with van der Waals surface area (Å²) in [6.45, 7) is 3.91. The molecule has 3 aliphatic heterocycles. The summed E-state index contributed by atoms with van der Waals surface area (Å²) >= 11 is 0. The van der Waals surface area contributed by atoms with Crippen LogP contribution in [0, 0.1) is 12.8 Å². The molecular weight excluding hydrogens is 340 g/mol. The summed E-state index contributed by atoms with van der Waals surface area (Å²) in [6, 6.07) is 8.17. The maximum absolute atomic E-state index is 13.7. The second-order valence-corrected chi connectivity index (χ2v) is 8.10. The molecule has 0 bridgehead atoms. The number of methoxy groups -OCH3 is 1. The Balaban J connectivity index is 1.51. The van der Waals surface area contributed by atoms with E-state index in [1.54, 1.807) is 7.11 Å². The first-order chi connectivity index (χ1) is 13.1. The molecule has 6 nitrogen and oxygen atoms in total. The van der Waals surface area contributed by atoms with E-state index < -0.39 is 0 Å². The van der Waals surface area contributed by atoms with Crippen molar-refractivity contribution in [2.24, 2.45) is 13.0 Å². The Labute approximate surface area is 159 Å². The molecule has 6 heteroatoms. The lowest BCUT2D eigenvalue weighted by molar-refractivity contribution is -0.126. The van der Waals surface area contributed by atoms with Crippen LogP contribution in [0.1, 0.15) is 36.6 Å². The van der Waals surface area contributed by atoms with Gasteiger partial charge in [-0.2, -0.15) is 5.10 Å². The van der Waals surface area contributed by atoms with Crippen molar-refractivity contribution >= 4 is 11.6 Å². The first-order valence-corrected chi connectivity index (χ1v) is 9.77. The van der Waals surface area contributed by atoms with Gasteiger partial charge in [0.2, 0.25) is 5.91 Å². The zero-order valence-corrected chi connectivity index (χ0v) is 16.2. The fourth-order valence-electron chi connectivity index (χ4n) is 5.63. The number of hydrogen-bond acceptors (Lipinski definition) is 4. The van der Waals surface area contributed by atoms with Crippen LogP contribution in [-0.2, 0) is 11.8 Å². The second-order valence-electron chi connectivity index (χ2n) is 8.10. The number of carbonyl (C=O) groups excluding carboxylic acids is 1. The van der Waals surface area contributed by atoms with E-state index in [4.69, 9.17) is 4.74 Å². The number of nitrogens with zero attached hydrogens (tertiary/aromatic N) is 4. The van der Waals surface area contributed by atoms with Crippen LogP contribution in [-0.4, -0.2) is 46.3 Å². The third-order valence-corrected chi connectivity index (χ3v) is 7.04. The Kier molecular flexibility index (Phi) is 3.63. The van der Waals surface area contributed by atoms with Gasteiger partial charge < -0.3 is 9.64 Å². The Morgan fingerprint density at radius 2 is 2.19 bits per heavy atom. The van der Waals surface area contributed by atoms with Gasteiger partial charge in [-0.15, -0.1) is 0 Å². The molecule has 3 fully saturated rings. The first-order valence-electron chi connectivity index (χ1n) is 9.77. The molecule has 5 rings (SSSR count). The Morgan fingerprint density at radius 3 is 2.93 bits per heavy atom. The van der Waals surface area contributed by atoms with E-state index in [0.717, 1.165) is 43.8 Å². The van der Waals surface area contributed by atoms with Gasteiger partial charge in [0, 0.05) is 48.6 Å². The summed E-state index contributed by atoms with van der Waals surface area (Å²) < 4.78 is 7.30. The van der Waals surface area contributed by atoms with Gasteiger partial charge in [-0.05, 0) is 44.9 Å². The van der Waals surface area contributed by atoms with Crippen molar-refractivity contribution < 1.29 is 9.53 Å². The van der Waals surface area contributed by atoms with Gasteiger partial charge in [0.15, 0.2) is 0 Å². The Hall–Kier alpha value is -2.34. The van der Waals surface area contributed by atoms with Gasteiger partial charge in [-0.25, -0.2) is 0 Å². The van der Waals surface area contributed by atoms with Crippen LogP contribution >= 0.6 is 0 Å². The number of benzene rings is 1. The highest BCUT2D eigenvalue weighted by Crippen LogP contribution is 2.56. The van der Waals surface area contributed by atoms with Crippen LogP contribution in [0.2, 0.25) is 0 Å². The molecule has 3 aliphatic rings. The smallest absolute Gasteiger partial charge is 0.247 e. The van der Waals surface area contributed by atoms with Crippen LogP contribution in [0.5, 0.6) is 5.75 Å². The summed E-state index contributed by atoms with van der Waals surface area (Å²) in [4.78, 5) is 18.2. The van der Waals surface area contributed by atoms with Gasteiger partial charge in [0.1, 0.15) is 11.3 Å². The molecule has 1 spiro atoms. The van der Waals surface area contributed by atoms with Gasteiger partial charge in [0.05, 0.1) is 13.3 Å². The number of ether oxygens (including phenoxy) is 1. The van der Waals surface area contributed by atoms with Crippen LogP contribution in [0.3, 0.4) is 0 Å². The average Bonchev–Trinajstić information content (AvgIpc) is 3.39. The summed E-state index contributed by atoms with van der Waals surface area (Å²) in [6.07, 6.45) is 5.08. The third-order valence-electron chi connectivity index (χ3n) is 7.04. The average molecular weight is 366 g/mol. The normalized spacial score (nSPS) is 30.0. The molecule has 1 amide bonds. The zero-order chi connectivity index (χ0) is 18.8. The minimum absolute atomic E-state index is 0.266. The molecule has 1 aromatic carbocycles. The van der Waals surface area contributed by atoms with E-state index in [9.17, 15) is 4.79 Å². The molecule has 142 valence electrons. The second kappa shape index (κ2) is 5.83. The molecule has 3 atom stereocenters. The fraction of sp³-hybridized carbons (Fsp3) is 0.524. The molecule has 27 heavy (non-hydrogen) atoms. The number of carbonyl (C=O) groups is 1. The van der Waals surface area contributed by atoms with Crippen molar-refractivity contribution in [3.05, 3.63) is 41.7 Å². The van der Waals surface area contributed by atoms with Crippen LogP contribution in [0.15, 0.2) is 30.5 Å². The summed E-state index contributed by atoms with van der Waals surface area (Å²) in [7, 11) is 3.65. The van der Waals surface area contributed by atoms with Gasteiger partial charge >= 0.3 is 0 Å². The molecule has 0 unspecified atom stereocenters. The summed E-state index contributed by atoms with van der Waals surface area (Å²) in [5.74, 6) is 1.42. The van der Waals surface area contributed by atoms with E-state index in [1.165, 1.54) is 11.3 Å². The first kappa shape index (κ1) is 16.8. The van der Waals surface area contributed by atoms with Gasteiger partial charge in [-0.3, -0.25) is 14.4 Å². The van der Waals surface area contributed by atoms with Crippen molar-refractivity contribution in [1.29, 1.82) is 0 Å². The summed E-state index contributed by atoms with van der Waals surface area (Å²) in [5, 5.41) is 4.45. The molecule has 0 saturated carbocycles. The van der Waals surface area contributed by atoms with Crippen LogP contribution in [0.4, 0.5) is 5.69 Å². The van der Waals surface area contributed by atoms with Gasteiger partial charge in [0.25, 0.3) is 0 Å². The van der Waals surface area contributed by atoms with Crippen molar-refractivity contribution in [3.8, 4) is 5.75 Å². The fourth-order valence-corrected chi connectivity index (χ4v) is 5.63.